The van der Waals surface area contributed by atoms with Crippen molar-refractivity contribution in [2.45, 2.75) is 77.7 Å². The number of hydrogen-bond donors (Lipinski definition) is 0. The normalized spacial score (nSPS) is 20.9. The molecule has 6 heteroatoms. The first kappa shape index (κ1) is 18.1. The number of rotatable bonds is 4. The molecule has 2 heterocycles. The molecule has 6 nitrogen and oxygen atoms in total. The summed E-state index contributed by atoms with van der Waals surface area (Å²) in [6, 6.07) is 1.82. The molecule has 0 amide bonds. The number of pyridine rings is 1. The first-order valence-electron chi connectivity index (χ1n) is 9.85. The second-order valence-electron chi connectivity index (χ2n) is 9.02. The zero-order chi connectivity index (χ0) is 19.2. The number of fused-ring (bicyclic) bond motifs is 1. The monoisotopic (exact) mass is 370 g/mol. The second-order valence-corrected chi connectivity index (χ2v) is 9.02. The molecule has 0 bridgehead atoms. The van der Waals surface area contributed by atoms with Crippen LogP contribution < -0.4 is 0 Å². The van der Waals surface area contributed by atoms with Crippen molar-refractivity contribution in [3.05, 3.63) is 23.0 Å². The number of carbonyl (C=O) groups is 2. The molecule has 0 saturated heterocycles. The van der Waals surface area contributed by atoms with Crippen LogP contribution in [0.5, 0.6) is 0 Å². The molecule has 0 radical (unpaired) electrons. The van der Waals surface area contributed by atoms with Crippen molar-refractivity contribution in [1.29, 1.82) is 0 Å². The van der Waals surface area contributed by atoms with E-state index in [1.807, 2.05) is 6.07 Å². The minimum Gasteiger partial charge on any atom is -0.451 e. The third kappa shape index (κ3) is 3.89. The summed E-state index contributed by atoms with van der Waals surface area (Å²) in [5.41, 5.74) is 2.37. The van der Waals surface area contributed by atoms with Crippen LogP contribution in [0.4, 0.5) is 0 Å². The fourth-order valence-corrected chi connectivity index (χ4v) is 3.67. The van der Waals surface area contributed by atoms with Crippen molar-refractivity contribution in [2.24, 2.45) is 5.41 Å². The lowest BCUT2D eigenvalue weighted by atomic mass is 9.89. The van der Waals surface area contributed by atoms with Crippen molar-refractivity contribution in [3.8, 4) is 0 Å². The highest BCUT2D eigenvalue weighted by molar-refractivity contribution is 6.04. The molecule has 2 aliphatic carbocycles. The van der Waals surface area contributed by atoms with E-state index in [9.17, 15) is 9.59 Å². The van der Waals surface area contributed by atoms with Gasteiger partial charge in [-0.2, -0.15) is 0 Å². The average molecular weight is 370 g/mol. The summed E-state index contributed by atoms with van der Waals surface area (Å²) in [5.74, 6) is -0.0844. The van der Waals surface area contributed by atoms with Crippen molar-refractivity contribution in [3.63, 3.8) is 0 Å². The van der Waals surface area contributed by atoms with Crippen LogP contribution in [-0.4, -0.2) is 28.0 Å². The summed E-state index contributed by atoms with van der Waals surface area (Å²) in [5, 5.41) is 4.82. The average Bonchev–Trinajstić information content (AvgIpc) is 3.38. The SMILES string of the molecule is CC(C)(C)Cc1noc2nc(C3CC3)cc(C(=O)O[C@H]3CCCCC3=O)c12. The Morgan fingerprint density at radius 1 is 1.26 bits per heavy atom. The van der Waals surface area contributed by atoms with E-state index >= 15 is 0 Å². The van der Waals surface area contributed by atoms with Gasteiger partial charge in [0.25, 0.3) is 5.71 Å². The minimum atomic E-state index is -0.634. The van der Waals surface area contributed by atoms with Gasteiger partial charge in [-0.1, -0.05) is 25.9 Å². The fourth-order valence-electron chi connectivity index (χ4n) is 3.67. The maximum absolute atomic E-state index is 13.0. The molecule has 0 unspecified atom stereocenters. The van der Waals surface area contributed by atoms with Gasteiger partial charge >= 0.3 is 5.97 Å². The molecule has 0 spiro atoms. The van der Waals surface area contributed by atoms with Gasteiger partial charge in [-0.3, -0.25) is 4.79 Å². The molecule has 2 aromatic rings. The summed E-state index contributed by atoms with van der Waals surface area (Å²) in [6.07, 6.45) is 5.03. The first-order chi connectivity index (χ1) is 12.8. The number of nitrogens with zero attached hydrogens (tertiary/aromatic N) is 2. The Balaban J connectivity index is 1.72. The van der Waals surface area contributed by atoms with Crippen LogP contribution in [0.1, 0.15) is 87.0 Å². The fraction of sp³-hybridized carbons (Fsp3) is 0.619. The number of hydrogen-bond acceptors (Lipinski definition) is 6. The van der Waals surface area contributed by atoms with Gasteiger partial charge in [0.2, 0.25) is 0 Å². The van der Waals surface area contributed by atoms with Gasteiger partial charge in [0, 0.05) is 18.0 Å². The predicted molar refractivity (Wildman–Crippen MR) is 99.6 cm³/mol. The van der Waals surface area contributed by atoms with E-state index in [4.69, 9.17) is 9.26 Å². The maximum Gasteiger partial charge on any atom is 0.339 e. The molecule has 0 N–H and O–H groups in total. The Kier molecular flexibility index (Phi) is 4.52. The quantitative estimate of drug-likeness (QED) is 0.744. The number of carbonyl (C=O) groups excluding carboxylic acids is 2. The van der Waals surface area contributed by atoms with E-state index in [-0.39, 0.29) is 11.2 Å². The van der Waals surface area contributed by atoms with Crippen molar-refractivity contribution in [1.82, 2.24) is 10.1 Å². The Labute approximate surface area is 158 Å². The number of esters is 1. The van der Waals surface area contributed by atoms with Gasteiger partial charge in [-0.05, 0) is 50.0 Å². The van der Waals surface area contributed by atoms with Crippen LogP contribution in [0.25, 0.3) is 11.1 Å². The van der Waals surface area contributed by atoms with Crippen LogP contribution >= 0.6 is 0 Å². The topological polar surface area (TPSA) is 82.3 Å². The highest BCUT2D eigenvalue weighted by atomic mass is 16.5. The van der Waals surface area contributed by atoms with Gasteiger partial charge < -0.3 is 9.26 Å². The van der Waals surface area contributed by atoms with Crippen molar-refractivity contribution >= 4 is 22.9 Å². The van der Waals surface area contributed by atoms with Crippen molar-refractivity contribution < 1.29 is 18.8 Å². The zero-order valence-electron chi connectivity index (χ0n) is 16.2. The first-order valence-corrected chi connectivity index (χ1v) is 9.85. The summed E-state index contributed by atoms with van der Waals surface area (Å²) in [7, 11) is 0. The molecule has 4 rings (SSSR count). The van der Waals surface area contributed by atoms with E-state index in [1.165, 1.54) is 0 Å². The molecular formula is C21H26N2O4. The molecule has 27 heavy (non-hydrogen) atoms. The summed E-state index contributed by atoms with van der Waals surface area (Å²) >= 11 is 0. The maximum atomic E-state index is 13.0. The van der Waals surface area contributed by atoms with Gasteiger partial charge in [0.15, 0.2) is 11.9 Å². The molecule has 2 saturated carbocycles. The van der Waals surface area contributed by atoms with E-state index in [0.717, 1.165) is 31.4 Å². The predicted octanol–water partition coefficient (Wildman–Crippen LogP) is 4.36. The zero-order valence-corrected chi connectivity index (χ0v) is 16.2. The van der Waals surface area contributed by atoms with Gasteiger partial charge in [-0.25, -0.2) is 9.78 Å². The summed E-state index contributed by atoms with van der Waals surface area (Å²) in [6.45, 7) is 6.33. The lowest BCUT2D eigenvalue weighted by molar-refractivity contribution is -0.129. The van der Waals surface area contributed by atoms with Crippen LogP contribution in [0.2, 0.25) is 0 Å². The molecular weight excluding hydrogens is 344 g/mol. The Morgan fingerprint density at radius 3 is 2.70 bits per heavy atom. The van der Waals surface area contributed by atoms with Gasteiger partial charge in [-0.15, -0.1) is 0 Å². The third-order valence-electron chi connectivity index (χ3n) is 5.20. The number of ketones is 1. The number of Topliss-reactive ketones (excluding diaryl/α,β-unsaturated/α-hetero) is 1. The van der Waals surface area contributed by atoms with E-state index < -0.39 is 12.1 Å². The highest BCUT2D eigenvalue weighted by Gasteiger charge is 2.32. The number of ether oxygens (including phenoxy) is 1. The lowest BCUT2D eigenvalue weighted by Gasteiger charge is -2.21. The molecule has 2 fully saturated rings. The Bertz CT molecular complexity index is 889. The van der Waals surface area contributed by atoms with Crippen LogP contribution in [0.15, 0.2) is 10.6 Å². The standard InChI is InChI=1S/C21H26N2O4/c1-21(2,3)11-15-18-13(20(25)26-17-7-5-4-6-16(17)24)10-14(12-8-9-12)22-19(18)27-23-15/h10,12,17H,4-9,11H2,1-3H3/t17-/m0/s1. The molecule has 2 aromatic heterocycles. The van der Waals surface area contributed by atoms with Crippen LogP contribution in [0, 0.1) is 5.41 Å². The van der Waals surface area contributed by atoms with Crippen molar-refractivity contribution in [2.75, 3.05) is 0 Å². The smallest absolute Gasteiger partial charge is 0.339 e. The largest absolute Gasteiger partial charge is 0.451 e. The number of aromatic nitrogens is 2. The minimum absolute atomic E-state index is 0.0144. The van der Waals surface area contributed by atoms with E-state index in [1.54, 1.807) is 0 Å². The summed E-state index contributed by atoms with van der Waals surface area (Å²) in [4.78, 5) is 29.7. The Hall–Kier alpha value is -2.24. The molecule has 144 valence electrons. The van der Waals surface area contributed by atoms with Crippen LogP contribution in [0.3, 0.4) is 0 Å². The van der Waals surface area contributed by atoms with Crippen LogP contribution in [-0.2, 0) is 16.0 Å². The Morgan fingerprint density at radius 2 is 2.04 bits per heavy atom. The lowest BCUT2D eigenvalue weighted by Crippen LogP contribution is -2.30. The van der Waals surface area contributed by atoms with E-state index in [2.05, 4.69) is 30.9 Å². The highest BCUT2D eigenvalue weighted by Crippen LogP contribution is 2.41. The third-order valence-corrected chi connectivity index (χ3v) is 5.20. The van der Waals surface area contributed by atoms with Gasteiger partial charge in [0.1, 0.15) is 0 Å². The molecule has 0 aliphatic heterocycles. The van der Waals surface area contributed by atoms with E-state index in [0.29, 0.717) is 47.5 Å². The molecule has 1 atom stereocenters. The second kappa shape index (κ2) is 6.73. The molecule has 0 aromatic carbocycles. The molecule has 2 aliphatic rings. The summed E-state index contributed by atoms with van der Waals surface area (Å²) < 4.78 is 11.1. The van der Waals surface area contributed by atoms with Gasteiger partial charge in [0.05, 0.1) is 16.6 Å².